The van der Waals surface area contributed by atoms with E-state index in [9.17, 15) is 5.11 Å². The molecule has 0 saturated carbocycles. The van der Waals surface area contributed by atoms with Gasteiger partial charge in [-0.2, -0.15) is 0 Å². The Hall–Kier alpha value is -2.53. The van der Waals surface area contributed by atoms with Crippen molar-refractivity contribution < 1.29 is 9.52 Å². The van der Waals surface area contributed by atoms with Crippen molar-refractivity contribution in [1.29, 1.82) is 0 Å². The molecule has 4 nitrogen and oxygen atoms in total. The number of benzene rings is 3. The van der Waals surface area contributed by atoms with Gasteiger partial charge < -0.3 is 9.52 Å². The molecule has 27 heavy (non-hydrogen) atoms. The van der Waals surface area contributed by atoms with Crippen molar-refractivity contribution in [2.24, 2.45) is 4.99 Å². The Labute approximate surface area is 169 Å². The number of hydrogen-bond acceptors (Lipinski definition) is 4. The summed E-state index contributed by atoms with van der Waals surface area (Å²) in [7, 11) is 0. The molecule has 4 rings (SSSR count). The molecule has 0 amide bonds. The van der Waals surface area contributed by atoms with Crippen LogP contribution in [0.4, 0.5) is 5.69 Å². The minimum Gasteiger partial charge on any atom is -0.507 e. The molecule has 0 aliphatic rings. The van der Waals surface area contributed by atoms with E-state index in [0.29, 0.717) is 48.9 Å². The number of aliphatic imine (C=N–C) groups is 1. The van der Waals surface area contributed by atoms with Crippen LogP contribution >= 0.6 is 34.8 Å². The summed E-state index contributed by atoms with van der Waals surface area (Å²) in [5.41, 5.74) is 3.03. The molecule has 0 aliphatic carbocycles. The van der Waals surface area contributed by atoms with Gasteiger partial charge in [0.2, 0.25) is 5.89 Å². The molecule has 0 fully saturated rings. The quantitative estimate of drug-likeness (QED) is 0.368. The maximum Gasteiger partial charge on any atom is 0.228 e. The second kappa shape index (κ2) is 7.24. The van der Waals surface area contributed by atoms with Crippen molar-refractivity contribution in [2.75, 3.05) is 0 Å². The summed E-state index contributed by atoms with van der Waals surface area (Å²) < 4.78 is 5.78. The molecule has 3 aromatic carbocycles. The molecular weight excluding hydrogens is 407 g/mol. The molecular formula is C20H11Cl3N2O2. The number of aromatic hydroxyl groups is 1. The Bertz CT molecular complexity index is 1190. The van der Waals surface area contributed by atoms with E-state index in [2.05, 4.69) is 9.98 Å². The molecule has 0 atom stereocenters. The first-order chi connectivity index (χ1) is 13.0. The van der Waals surface area contributed by atoms with Crippen molar-refractivity contribution >= 4 is 57.8 Å². The second-order valence-electron chi connectivity index (χ2n) is 5.76. The van der Waals surface area contributed by atoms with Crippen LogP contribution in [0.5, 0.6) is 5.75 Å². The van der Waals surface area contributed by atoms with Gasteiger partial charge in [-0.3, -0.25) is 4.99 Å². The van der Waals surface area contributed by atoms with E-state index in [1.807, 2.05) is 0 Å². The van der Waals surface area contributed by atoms with E-state index in [1.165, 1.54) is 12.3 Å². The lowest BCUT2D eigenvalue weighted by atomic mass is 10.2. The summed E-state index contributed by atoms with van der Waals surface area (Å²) in [6.07, 6.45) is 1.54. The zero-order chi connectivity index (χ0) is 19.0. The van der Waals surface area contributed by atoms with E-state index < -0.39 is 0 Å². The lowest BCUT2D eigenvalue weighted by Gasteiger charge is -1.99. The van der Waals surface area contributed by atoms with Gasteiger partial charge in [-0.15, -0.1) is 0 Å². The van der Waals surface area contributed by atoms with Crippen LogP contribution in [0.25, 0.3) is 22.6 Å². The van der Waals surface area contributed by atoms with Gasteiger partial charge >= 0.3 is 0 Å². The summed E-state index contributed by atoms with van der Waals surface area (Å²) in [4.78, 5) is 8.85. The molecule has 0 bridgehead atoms. The zero-order valence-electron chi connectivity index (χ0n) is 13.7. The largest absolute Gasteiger partial charge is 0.507 e. The Morgan fingerprint density at radius 2 is 1.70 bits per heavy atom. The summed E-state index contributed by atoms with van der Waals surface area (Å²) >= 11 is 18.2. The van der Waals surface area contributed by atoms with Crippen LogP contribution in [0.1, 0.15) is 5.56 Å². The van der Waals surface area contributed by atoms with Gasteiger partial charge in [0.15, 0.2) is 5.58 Å². The second-order valence-corrected chi connectivity index (χ2v) is 7.04. The van der Waals surface area contributed by atoms with E-state index in [4.69, 9.17) is 39.2 Å². The Morgan fingerprint density at radius 1 is 0.926 bits per heavy atom. The van der Waals surface area contributed by atoms with Crippen LogP contribution in [-0.4, -0.2) is 16.3 Å². The van der Waals surface area contributed by atoms with Gasteiger partial charge in [0.05, 0.1) is 16.3 Å². The Balaban J connectivity index is 1.70. The van der Waals surface area contributed by atoms with Gasteiger partial charge in [-0.05, 0) is 54.6 Å². The van der Waals surface area contributed by atoms with Crippen LogP contribution in [0.3, 0.4) is 0 Å². The highest BCUT2D eigenvalue weighted by Crippen LogP contribution is 2.33. The number of nitrogens with zero attached hydrogens (tertiary/aromatic N) is 2. The molecule has 7 heteroatoms. The third-order valence-electron chi connectivity index (χ3n) is 3.87. The fourth-order valence-corrected chi connectivity index (χ4v) is 3.10. The maximum absolute atomic E-state index is 9.86. The molecule has 1 N–H and O–H groups in total. The normalized spacial score (nSPS) is 11.5. The van der Waals surface area contributed by atoms with Crippen LogP contribution < -0.4 is 0 Å². The Morgan fingerprint density at radius 3 is 2.56 bits per heavy atom. The van der Waals surface area contributed by atoms with Crippen molar-refractivity contribution in [3.05, 3.63) is 75.2 Å². The first-order valence-electron chi connectivity index (χ1n) is 7.88. The van der Waals surface area contributed by atoms with Gasteiger partial charge in [-0.25, -0.2) is 4.98 Å². The fourth-order valence-electron chi connectivity index (χ4n) is 2.55. The van der Waals surface area contributed by atoms with Crippen LogP contribution in [-0.2, 0) is 0 Å². The number of halogens is 3. The fraction of sp³-hybridized carbons (Fsp3) is 0. The average molecular weight is 418 g/mol. The standard InChI is InChI=1S/C20H11Cl3N2O2/c21-12-2-5-18(26)11(7-12)10-24-14-3-6-19-17(9-14)25-20(27-19)15-8-13(22)1-4-16(15)23/h1-10,26H. The zero-order valence-corrected chi connectivity index (χ0v) is 15.9. The summed E-state index contributed by atoms with van der Waals surface area (Å²) in [6.45, 7) is 0. The Kier molecular flexibility index (Phi) is 4.79. The molecule has 0 unspecified atom stereocenters. The van der Waals surface area contributed by atoms with Crippen molar-refractivity contribution in [2.45, 2.75) is 0 Å². The van der Waals surface area contributed by atoms with E-state index in [1.54, 1.807) is 48.5 Å². The predicted molar refractivity (Wildman–Crippen MR) is 110 cm³/mol. The smallest absolute Gasteiger partial charge is 0.228 e. The predicted octanol–water partition coefficient (Wildman–Crippen LogP) is 6.91. The van der Waals surface area contributed by atoms with Crippen LogP contribution in [0.2, 0.25) is 15.1 Å². The van der Waals surface area contributed by atoms with Crippen LogP contribution in [0.15, 0.2) is 64.0 Å². The number of phenols is 1. The number of rotatable bonds is 3. The third-order valence-corrected chi connectivity index (χ3v) is 4.67. The lowest BCUT2D eigenvalue weighted by molar-refractivity contribution is 0.474. The summed E-state index contributed by atoms with van der Waals surface area (Å²) in [6, 6.07) is 15.2. The molecule has 4 aromatic rings. The molecule has 0 saturated heterocycles. The van der Waals surface area contributed by atoms with Gasteiger partial charge in [0.1, 0.15) is 11.3 Å². The topological polar surface area (TPSA) is 58.6 Å². The molecule has 0 spiro atoms. The van der Waals surface area contributed by atoms with Gasteiger partial charge in [0.25, 0.3) is 0 Å². The monoisotopic (exact) mass is 416 g/mol. The van der Waals surface area contributed by atoms with Crippen LogP contribution in [0, 0.1) is 0 Å². The maximum atomic E-state index is 9.86. The first-order valence-corrected chi connectivity index (χ1v) is 9.01. The number of hydrogen-bond donors (Lipinski definition) is 1. The van der Waals surface area contributed by atoms with Crippen molar-refractivity contribution in [1.82, 2.24) is 4.98 Å². The number of aromatic nitrogens is 1. The SMILES string of the molecule is Oc1ccc(Cl)cc1C=Nc1ccc2oc(-c3cc(Cl)ccc3Cl)nc2c1. The number of fused-ring (bicyclic) bond motifs is 1. The number of phenolic OH excluding ortho intramolecular Hbond substituents is 1. The van der Waals surface area contributed by atoms with Gasteiger partial charge in [0, 0.05) is 21.8 Å². The minimum absolute atomic E-state index is 0.101. The highest BCUT2D eigenvalue weighted by molar-refractivity contribution is 6.35. The molecule has 0 aliphatic heterocycles. The first kappa shape index (κ1) is 17.9. The third kappa shape index (κ3) is 3.78. The van der Waals surface area contributed by atoms with Crippen molar-refractivity contribution in [3.8, 4) is 17.2 Å². The average Bonchev–Trinajstić information content (AvgIpc) is 3.07. The highest BCUT2D eigenvalue weighted by Gasteiger charge is 2.12. The minimum atomic E-state index is 0.101. The van der Waals surface area contributed by atoms with E-state index in [-0.39, 0.29) is 5.75 Å². The molecule has 1 aromatic heterocycles. The summed E-state index contributed by atoms with van der Waals surface area (Å²) in [5, 5.41) is 11.4. The number of oxazole rings is 1. The van der Waals surface area contributed by atoms with Gasteiger partial charge in [-0.1, -0.05) is 34.8 Å². The molecule has 134 valence electrons. The summed E-state index contributed by atoms with van der Waals surface area (Å²) in [5.74, 6) is 0.481. The van der Waals surface area contributed by atoms with E-state index in [0.717, 1.165) is 0 Å². The lowest BCUT2D eigenvalue weighted by Crippen LogP contribution is -1.82. The molecule has 1 heterocycles. The van der Waals surface area contributed by atoms with Crippen molar-refractivity contribution in [3.63, 3.8) is 0 Å². The molecule has 0 radical (unpaired) electrons. The highest BCUT2D eigenvalue weighted by atomic mass is 35.5. The van der Waals surface area contributed by atoms with E-state index >= 15 is 0 Å².